The van der Waals surface area contributed by atoms with Crippen LogP contribution in [0.5, 0.6) is 5.75 Å². The van der Waals surface area contributed by atoms with Crippen LogP contribution < -0.4 is 15.0 Å². The predicted molar refractivity (Wildman–Crippen MR) is 136 cm³/mol. The lowest BCUT2D eigenvalue weighted by molar-refractivity contribution is 0.0323. The molecule has 2 aliphatic rings. The predicted octanol–water partition coefficient (Wildman–Crippen LogP) is 3.01. The van der Waals surface area contributed by atoms with Crippen LogP contribution in [-0.2, 0) is 9.47 Å². The molecule has 35 heavy (non-hydrogen) atoms. The van der Waals surface area contributed by atoms with Gasteiger partial charge in [-0.05, 0) is 24.3 Å². The van der Waals surface area contributed by atoms with E-state index >= 15 is 0 Å². The topological polar surface area (TPSA) is 89.1 Å². The molecule has 9 nitrogen and oxygen atoms in total. The molecule has 2 aromatic heterocycles. The summed E-state index contributed by atoms with van der Waals surface area (Å²) in [5.74, 6) is 0.381. The molecule has 0 spiro atoms. The van der Waals surface area contributed by atoms with E-state index in [1.807, 2.05) is 30.3 Å². The summed E-state index contributed by atoms with van der Waals surface area (Å²) >= 11 is 1.42. The van der Waals surface area contributed by atoms with Gasteiger partial charge in [0.25, 0.3) is 5.91 Å². The van der Waals surface area contributed by atoms with E-state index in [9.17, 15) is 4.79 Å². The normalized spacial score (nSPS) is 16.7. The molecule has 184 valence electrons. The molecule has 1 amide bonds. The third-order valence-electron chi connectivity index (χ3n) is 6.00. The van der Waals surface area contributed by atoms with Crippen molar-refractivity contribution in [2.75, 3.05) is 76.0 Å². The number of nitrogens with zero attached hydrogens (tertiary/aromatic N) is 4. The zero-order valence-corrected chi connectivity index (χ0v) is 20.3. The van der Waals surface area contributed by atoms with E-state index in [1.54, 1.807) is 17.8 Å². The van der Waals surface area contributed by atoms with E-state index < -0.39 is 0 Å². The first-order valence-corrected chi connectivity index (χ1v) is 12.7. The van der Waals surface area contributed by atoms with Crippen LogP contribution in [0.2, 0.25) is 0 Å². The highest BCUT2D eigenvalue weighted by atomic mass is 32.1. The van der Waals surface area contributed by atoms with Crippen LogP contribution in [0.25, 0.3) is 10.6 Å². The Morgan fingerprint density at radius 1 is 1.09 bits per heavy atom. The second-order valence-electron chi connectivity index (χ2n) is 8.32. The smallest absolute Gasteiger partial charge is 0.275 e. The Kier molecular flexibility index (Phi) is 7.84. The summed E-state index contributed by atoms with van der Waals surface area (Å²) in [6, 6.07) is 9.70. The molecule has 2 aliphatic heterocycles. The third kappa shape index (κ3) is 6.15. The van der Waals surface area contributed by atoms with Crippen LogP contribution in [0, 0.1) is 0 Å². The van der Waals surface area contributed by atoms with Gasteiger partial charge in [0.15, 0.2) is 0 Å². The molecule has 2 fully saturated rings. The molecule has 0 radical (unpaired) electrons. The van der Waals surface area contributed by atoms with Crippen molar-refractivity contribution in [3.63, 3.8) is 0 Å². The average molecular weight is 496 g/mol. The van der Waals surface area contributed by atoms with E-state index in [2.05, 4.69) is 25.1 Å². The summed E-state index contributed by atoms with van der Waals surface area (Å²) in [5.41, 5.74) is 2.94. The Bertz CT molecular complexity index is 1110. The second-order valence-corrected chi connectivity index (χ2v) is 9.17. The number of benzene rings is 1. The lowest BCUT2D eigenvalue weighted by Gasteiger charge is -2.30. The number of anilines is 2. The van der Waals surface area contributed by atoms with Gasteiger partial charge in [-0.2, -0.15) is 0 Å². The highest BCUT2D eigenvalue weighted by Crippen LogP contribution is 2.31. The van der Waals surface area contributed by atoms with Gasteiger partial charge in [0, 0.05) is 67.8 Å². The zero-order valence-electron chi connectivity index (χ0n) is 19.5. The van der Waals surface area contributed by atoms with Crippen molar-refractivity contribution >= 4 is 28.6 Å². The first-order valence-electron chi connectivity index (χ1n) is 11.8. The number of rotatable bonds is 8. The molecule has 0 aliphatic carbocycles. The minimum atomic E-state index is -0.270. The van der Waals surface area contributed by atoms with Gasteiger partial charge >= 0.3 is 0 Å². The molecular weight excluding hydrogens is 466 g/mol. The molecule has 0 atom stereocenters. The Morgan fingerprint density at radius 2 is 1.89 bits per heavy atom. The number of amides is 1. The van der Waals surface area contributed by atoms with Crippen molar-refractivity contribution in [1.29, 1.82) is 0 Å². The fourth-order valence-electron chi connectivity index (χ4n) is 4.05. The number of aromatic nitrogens is 2. The first-order chi connectivity index (χ1) is 17.3. The summed E-state index contributed by atoms with van der Waals surface area (Å²) in [4.78, 5) is 26.3. The number of nitrogens with one attached hydrogen (secondary N) is 1. The van der Waals surface area contributed by atoms with E-state index in [0.717, 1.165) is 62.2 Å². The Morgan fingerprint density at radius 3 is 2.66 bits per heavy atom. The van der Waals surface area contributed by atoms with Crippen LogP contribution in [0.3, 0.4) is 0 Å². The van der Waals surface area contributed by atoms with E-state index in [0.29, 0.717) is 37.0 Å². The molecule has 0 saturated carbocycles. The molecule has 2 saturated heterocycles. The number of carbonyl (C=O) groups excluding carboxylic acids is 1. The number of morpholine rings is 2. The number of pyridine rings is 1. The number of thiazole rings is 1. The van der Waals surface area contributed by atoms with Crippen LogP contribution in [-0.4, -0.2) is 86.5 Å². The zero-order chi connectivity index (χ0) is 23.9. The average Bonchev–Trinajstić information content (AvgIpc) is 3.42. The summed E-state index contributed by atoms with van der Waals surface area (Å²) < 4.78 is 17.1. The lowest BCUT2D eigenvalue weighted by Crippen LogP contribution is -2.38. The number of carbonyl (C=O) groups is 1. The molecular formula is C25H29N5O4S. The van der Waals surface area contributed by atoms with Crippen LogP contribution in [0.4, 0.5) is 11.4 Å². The molecule has 4 heterocycles. The van der Waals surface area contributed by atoms with Crippen molar-refractivity contribution < 1.29 is 19.0 Å². The quantitative estimate of drug-likeness (QED) is 0.510. The Balaban J connectivity index is 1.30. The van der Waals surface area contributed by atoms with E-state index in [-0.39, 0.29) is 5.91 Å². The highest BCUT2D eigenvalue weighted by molar-refractivity contribution is 7.13. The number of ether oxygens (including phenoxy) is 3. The minimum absolute atomic E-state index is 0.270. The largest absolute Gasteiger partial charge is 0.490 e. The van der Waals surface area contributed by atoms with Crippen molar-refractivity contribution in [3.8, 4) is 16.3 Å². The Labute approximate surface area is 208 Å². The maximum Gasteiger partial charge on any atom is 0.275 e. The van der Waals surface area contributed by atoms with Gasteiger partial charge in [0.2, 0.25) is 0 Å². The van der Waals surface area contributed by atoms with Gasteiger partial charge < -0.3 is 24.4 Å². The van der Waals surface area contributed by atoms with Crippen molar-refractivity contribution in [3.05, 3.63) is 53.8 Å². The van der Waals surface area contributed by atoms with Gasteiger partial charge in [-0.15, -0.1) is 11.3 Å². The molecule has 5 rings (SSSR count). The maximum absolute atomic E-state index is 13.0. The third-order valence-corrected chi connectivity index (χ3v) is 6.90. The standard InChI is InChI=1S/C25H29N5O4S/c31-24(22-18-35-25(28-22)19-2-1-5-26-17-19)27-21-4-3-20(30-9-13-33-14-10-30)16-23(21)34-15-8-29-6-11-32-12-7-29/h1-5,16-18H,6-15H2,(H,27,31). The second kappa shape index (κ2) is 11.6. The summed E-state index contributed by atoms with van der Waals surface area (Å²) in [7, 11) is 0. The molecule has 0 unspecified atom stereocenters. The molecule has 10 heteroatoms. The van der Waals surface area contributed by atoms with Crippen molar-refractivity contribution in [1.82, 2.24) is 14.9 Å². The first kappa shape index (κ1) is 23.7. The molecule has 1 N–H and O–H groups in total. The van der Waals surface area contributed by atoms with Gasteiger partial charge in [-0.3, -0.25) is 14.7 Å². The van der Waals surface area contributed by atoms with Crippen molar-refractivity contribution in [2.45, 2.75) is 0 Å². The van der Waals surface area contributed by atoms with Crippen molar-refractivity contribution in [2.24, 2.45) is 0 Å². The highest BCUT2D eigenvalue weighted by Gasteiger charge is 2.18. The van der Waals surface area contributed by atoms with Crippen LogP contribution in [0.1, 0.15) is 10.5 Å². The molecule has 0 bridgehead atoms. The van der Waals surface area contributed by atoms with E-state index in [4.69, 9.17) is 14.2 Å². The fraction of sp³-hybridized carbons (Fsp3) is 0.400. The number of hydrogen-bond acceptors (Lipinski definition) is 9. The SMILES string of the molecule is O=C(Nc1ccc(N2CCOCC2)cc1OCCN1CCOCC1)c1csc(-c2cccnc2)n1. The van der Waals surface area contributed by atoms with Gasteiger partial charge in [0.05, 0.1) is 32.1 Å². The Hall–Kier alpha value is -3.05. The molecule has 3 aromatic rings. The number of hydrogen-bond donors (Lipinski definition) is 1. The van der Waals surface area contributed by atoms with Gasteiger partial charge in [-0.25, -0.2) is 4.98 Å². The lowest BCUT2D eigenvalue weighted by atomic mass is 10.2. The van der Waals surface area contributed by atoms with Crippen LogP contribution >= 0.6 is 11.3 Å². The monoisotopic (exact) mass is 495 g/mol. The van der Waals surface area contributed by atoms with E-state index in [1.165, 1.54) is 11.3 Å². The molecule has 1 aromatic carbocycles. The van der Waals surface area contributed by atoms with Gasteiger partial charge in [-0.1, -0.05) is 0 Å². The van der Waals surface area contributed by atoms with Gasteiger partial charge in [0.1, 0.15) is 23.1 Å². The fourth-order valence-corrected chi connectivity index (χ4v) is 4.84. The van der Waals surface area contributed by atoms with Crippen LogP contribution in [0.15, 0.2) is 48.1 Å². The minimum Gasteiger partial charge on any atom is -0.490 e. The summed E-state index contributed by atoms with van der Waals surface area (Å²) in [6.45, 7) is 7.71. The summed E-state index contributed by atoms with van der Waals surface area (Å²) in [5, 5.41) is 5.52. The summed E-state index contributed by atoms with van der Waals surface area (Å²) in [6.07, 6.45) is 3.46. The maximum atomic E-state index is 13.0.